The molecular weight excluding hydrogens is 366 g/mol. The Morgan fingerprint density at radius 1 is 1.22 bits per heavy atom. The highest BCUT2D eigenvalue weighted by molar-refractivity contribution is 7.99. The van der Waals surface area contributed by atoms with Gasteiger partial charge in [-0.15, -0.1) is 5.10 Å². The number of aromatic amines is 1. The third kappa shape index (κ3) is 4.50. The molecule has 27 heavy (non-hydrogen) atoms. The quantitative estimate of drug-likeness (QED) is 0.381. The molecule has 0 aliphatic rings. The summed E-state index contributed by atoms with van der Waals surface area (Å²) in [4.78, 5) is 27.2. The number of rotatable bonds is 6. The van der Waals surface area contributed by atoms with Crippen molar-refractivity contribution in [1.82, 2.24) is 15.2 Å². The molecule has 1 amide bonds. The maximum atomic E-state index is 12.2. The van der Waals surface area contributed by atoms with Gasteiger partial charge in [0.15, 0.2) is 5.82 Å². The number of nitrogens with one attached hydrogen (secondary N) is 2. The number of amides is 1. The molecule has 0 radical (unpaired) electrons. The summed E-state index contributed by atoms with van der Waals surface area (Å²) in [5.74, 6) is 0.294. The van der Waals surface area contributed by atoms with Crippen LogP contribution in [-0.4, -0.2) is 31.8 Å². The molecule has 1 aromatic heterocycles. The predicted molar refractivity (Wildman–Crippen MR) is 104 cm³/mol. The SMILES string of the molecule is Cc1ccc(-c2nc(SCC(=O)Nc3c(C)cccc3[N+](=O)[O-])n[nH]2)cc1. The second-order valence-electron chi connectivity index (χ2n) is 5.90. The van der Waals surface area contributed by atoms with Crippen molar-refractivity contribution in [2.45, 2.75) is 19.0 Å². The lowest BCUT2D eigenvalue weighted by Gasteiger charge is -2.08. The molecule has 0 saturated carbocycles. The first-order valence-corrected chi connectivity index (χ1v) is 9.08. The van der Waals surface area contributed by atoms with E-state index >= 15 is 0 Å². The summed E-state index contributed by atoms with van der Waals surface area (Å²) in [5.41, 5.74) is 2.76. The molecule has 138 valence electrons. The molecule has 1 heterocycles. The number of benzene rings is 2. The van der Waals surface area contributed by atoms with Gasteiger partial charge in [-0.2, -0.15) is 0 Å². The van der Waals surface area contributed by atoms with Crippen molar-refractivity contribution in [3.05, 3.63) is 63.7 Å². The Bertz CT molecular complexity index is 985. The highest BCUT2D eigenvalue weighted by Crippen LogP contribution is 2.28. The Morgan fingerprint density at radius 2 is 1.96 bits per heavy atom. The highest BCUT2D eigenvalue weighted by atomic mass is 32.2. The first kappa shape index (κ1) is 18.6. The Balaban J connectivity index is 1.64. The topological polar surface area (TPSA) is 114 Å². The number of nitrogens with zero attached hydrogens (tertiary/aromatic N) is 3. The molecule has 0 saturated heterocycles. The van der Waals surface area contributed by atoms with E-state index in [9.17, 15) is 14.9 Å². The number of aryl methyl sites for hydroxylation is 2. The zero-order valence-corrected chi connectivity index (χ0v) is 15.5. The van der Waals surface area contributed by atoms with E-state index < -0.39 is 4.92 Å². The Kier molecular flexibility index (Phi) is 5.51. The van der Waals surface area contributed by atoms with E-state index in [1.54, 1.807) is 19.1 Å². The van der Waals surface area contributed by atoms with Crippen LogP contribution in [0.2, 0.25) is 0 Å². The van der Waals surface area contributed by atoms with E-state index in [0.717, 1.165) is 22.9 Å². The lowest BCUT2D eigenvalue weighted by Crippen LogP contribution is -2.16. The molecule has 2 aromatic carbocycles. The average Bonchev–Trinajstić information content (AvgIpc) is 3.11. The van der Waals surface area contributed by atoms with Gasteiger partial charge in [-0.05, 0) is 19.4 Å². The number of para-hydroxylation sites is 1. The fourth-order valence-corrected chi connectivity index (χ4v) is 3.02. The number of carbonyl (C=O) groups excluding carboxylic acids is 1. The first-order valence-electron chi connectivity index (χ1n) is 8.10. The van der Waals surface area contributed by atoms with Gasteiger partial charge in [0.2, 0.25) is 11.1 Å². The van der Waals surface area contributed by atoms with Gasteiger partial charge in [0.25, 0.3) is 5.69 Å². The summed E-state index contributed by atoms with van der Waals surface area (Å²) in [5, 5.41) is 21.1. The third-order valence-electron chi connectivity index (χ3n) is 3.83. The maximum Gasteiger partial charge on any atom is 0.293 e. The van der Waals surface area contributed by atoms with E-state index in [1.165, 1.54) is 6.07 Å². The van der Waals surface area contributed by atoms with Gasteiger partial charge in [-0.3, -0.25) is 20.0 Å². The average molecular weight is 383 g/mol. The minimum atomic E-state index is -0.515. The first-order chi connectivity index (χ1) is 12.9. The van der Waals surface area contributed by atoms with E-state index in [0.29, 0.717) is 16.5 Å². The number of aromatic nitrogens is 3. The Morgan fingerprint density at radius 3 is 2.67 bits per heavy atom. The van der Waals surface area contributed by atoms with Crippen molar-refractivity contribution in [2.75, 3.05) is 11.1 Å². The second-order valence-corrected chi connectivity index (χ2v) is 6.84. The molecule has 2 N–H and O–H groups in total. The Hall–Kier alpha value is -3.20. The fourth-order valence-electron chi connectivity index (χ4n) is 2.42. The van der Waals surface area contributed by atoms with Crippen molar-refractivity contribution < 1.29 is 9.72 Å². The zero-order valence-electron chi connectivity index (χ0n) is 14.7. The Labute approximate surface area is 159 Å². The van der Waals surface area contributed by atoms with Crippen LogP contribution < -0.4 is 5.32 Å². The van der Waals surface area contributed by atoms with Crippen LogP contribution in [0.15, 0.2) is 47.6 Å². The van der Waals surface area contributed by atoms with Crippen LogP contribution >= 0.6 is 11.8 Å². The van der Waals surface area contributed by atoms with Crippen molar-refractivity contribution in [3.8, 4) is 11.4 Å². The number of H-pyrrole nitrogens is 1. The molecule has 8 nitrogen and oxygen atoms in total. The number of carbonyl (C=O) groups is 1. The number of hydrogen-bond acceptors (Lipinski definition) is 6. The van der Waals surface area contributed by atoms with Crippen LogP contribution in [0.5, 0.6) is 0 Å². The molecule has 0 bridgehead atoms. The lowest BCUT2D eigenvalue weighted by molar-refractivity contribution is -0.384. The van der Waals surface area contributed by atoms with Crippen molar-refractivity contribution >= 4 is 29.0 Å². The number of thioether (sulfide) groups is 1. The molecule has 0 spiro atoms. The summed E-state index contributed by atoms with van der Waals surface area (Å²) >= 11 is 1.15. The number of nitro groups is 1. The van der Waals surface area contributed by atoms with E-state index in [4.69, 9.17) is 0 Å². The lowest BCUT2D eigenvalue weighted by atomic mass is 10.1. The monoisotopic (exact) mass is 383 g/mol. The summed E-state index contributed by atoms with van der Waals surface area (Å²) < 4.78 is 0. The second kappa shape index (κ2) is 8.00. The van der Waals surface area contributed by atoms with Crippen LogP contribution in [0.25, 0.3) is 11.4 Å². The molecular formula is C18H17N5O3S. The smallest absolute Gasteiger partial charge is 0.293 e. The summed E-state index contributed by atoms with van der Waals surface area (Å²) in [6, 6.07) is 12.5. The van der Waals surface area contributed by atoms with Crippen LogP contribution in [0, 0.1) is 24.0 Å². The van der Waals surface area contributed by atoms with Crippen molar-refractivity contribution in [2.24, 2.45) is 0 Å². The summed E-state index contributed by atoms with van der Waals surface area (Å²) in [6.07, 6.45) is 0. The maximum absolute atomic E-state index is 12.2. The molecule has 9 heteroatoms. The molecule has 0 aliphatic heterocycles. The largest absolute Gasteiger partial charge is 0.319 e. The molecule has 3 aromatic rings. The van der Waals surface area contributed by atoms with Crippen LogP contribution in [0.4, 0.5) is 11.4 Å². The summed E-state index contributed by atoms with van der Waals surface area (Å²) in [6.45, 7) is 3.71. The fraction of sp³-hybridized carbons (Fsp3) is 0.167. The number of anilines is 1. The van der Waals surface area contributed by atoms with E-state index in [1.807, 2.05) is 31.2 Å². The minimum Gasteiger partial charge on any atom is -0.319 e. The van der Waals surface area contributed by atoms with Gasteiger partial charge < -0.3 is 5.32 Å². The van der Waals surface area contributed by atoms with Crippen LogP contribution in [0.3, 0.4) is 0 Å². The number of nitro benzene ring substituents is 1. The zero-order chi connectivity index (χ0) is 19.4. The predicted octanol–water partition coefficient (Wildman–Crippen LogP) is 3.73. The van der Waals surface area contributed by atoms with Gasteiger partial charge in [0, 0.05) is 11.6 Å². The molecule has 0 fully saturated rings. The minimum absolute atomic E-state index is 0.0384. The molecule has 0 atom stereocenters. The third-order valence-corrected chi connectivity index (χ3v) is 4.68. The van der Waals surface area contributed by atoms with Gasteiger partial charge in [-0.1, -0.05) is 53.7 Å². The van der Waals surface area contributed by atoms with Gasteiger partial charge in [0.05, 0.1) is 10.7 Å². The molecule has 0 unspecified atom stereocenters. The standard InChI is InChI=1S/C18H17N5O3S/c1-11-6-8-13(9-7-11)17-20-18(22-21-17)27-10-15(24)19-16-12(2)4-3-5-14(16)23(25)26/h3-9H,10H2,1-2H3,(H,19,24)(H,20,21,22). The van der Waals surface area contributed by atoms with Gasteiger partial charge in [-0.25, -0.2) is 4.98 Å². The molecule has 0 aliphatic carbocycles. The normalized spacial score (nSPS) is 10.6. The molecule has 3 rings (SSSR count). The van der Waals surface area contributed by atoms with Crippen LogP contribution in [0.1, 0.15) is 11.1 Å². The van der Waals surface area contributed by atoms with Crippen molar-refractivity contribution in [1.29, 1.82) is 0 Å². The number of hydrogen-bond donors (Lipinski definition) is 2. The van der Waals surface area contributed by atoms with E-state index in [-0.39, 0.29) is 23.0 Å². The van der Waals surface area contributed by atoms with Gasteiger partial charge in [0.1, 0.15) is 5.69 Å². The van der Waals surface area contributed by atoms with Crippen molar-refractivity contribution in [3.63, 3.8) is 0 Å². The summed E-state index contributed by atoms with van der Waals surface area (Å²) in [7, 11) is 0. The van der Waals surface area contributed by atoms with Crippen LogP contribution in [-0.2, 0) is 4.79 Å². The van der Waals surface area contributed by atoms with Gasteiger partial charge >= 0.3 is 0 Å². The van der Waals surface area contributed by atoms with E-state index in [2.05, 4.69) is 20.5 Å². The highest BCUT2D eigenvalue weighted by Gasteiger charge is 2.18.